The number of benzene rings is 2. The fourth-order valence-electron chi connectivity index (χ4n) is 3.71. The van der Waals surface area contributed by atoms with Gasteiger partial charge in [0, 0.05) is 18.7 Å². The molecule has 1 aliphatic rings. The summed E-state index contributed by atoms with van der Waals surface area (Å²) in [6.07, 6.45) is 3.58. The minimum atomic E-state index is -0.411. The average Bonchev–Trinajstić information content (AvgIpc) is 3.12. The van der Waals surface area contributed by atoms with Crippen LogP contribution in [0.15, 0.2) is 48.5 Å². The van der Waals surface area contributed by atoms with E-state index in [2.05, 4.69) is 52.0 Å². The number of ether oxygens (including phenoxy) is 1. The van der Waals surface area contributed by atoms with Gasteiger partial charge in [-0.3, -0.25) is 9.59 Å². The Labute approximate surface area is 180 Å². The molecule has 30 heavy (non-hydrogen) atoms. The first-order valence-electron chi connectivity index (χ1n) is 10.9. The molecule has 2 aromatic carbocycles. The number of nitrogens with zero attached hydrogens (tertiary/aromatic N) is 1. The van der Waals surface area contributed by atoms with Crippen LogP contribution in [0, 0.1) is 5.92 Å². The molecule has 1 aliphatic heterocycles. The molecule has 0 aromatic heterocycles. The second-order valence-electron chi connectivity index (χ2n) is 9.23. The number of carbonyl (C=O) groups is 2. The maximum atomic E-state index is 12.5. The summed E-state index contributed by atoms with van der Waals surface area (Å²) in [5.41, 5.74) is 4.43. The van der Waals surface area contributed by atoms with Crippen molar-refractivity contribution in [1.29, 1.82) is 0 Å². The Hall–Kier alpha value is -2.62. The molecule has 4 heteroatoms. The minimum Gasteiger partial charge on any atom is -0.461 e. The largest absolute Gasteiger partial charge is 0.461 e. The lowest BCUT2D eigenvalue weighted by molar-refractivity contribution is -0.149. The van der Waals surface area contributed by atoms with Gasteiger partial charge in [-0.2, -0.15) is 0 Å². The van der Waals surface area contributed by atoms with E-state index in [4.69, 9.17) is 4.74 Å². The number of rotatable bonds is 7. The number of amides is 1. The van der Waals surface area contributed by atoms with E-state index >= 15 is 0 Å². The second kappa shape index (κ2) is 9.46. The van der Waals surface area contributed by atoms with Gasteiger partial charge < -0.3 is 9.64 Å². The summed E-state index contributed by atoms with van der Waals surface area (Å²) in [7, 11) is 0. The van der Waals surface area contributed by atoms with Gasteiger partial charge in [-0.15, -0.1) is 0 Å². The number of hydrogen-bond donors (Lipinski definition) is 0. The zero-order valence-electron chi connectivity index (χ0n) is 18.6. The first-order valence-corrected chi connectivity index (χ1v) is 10.9. The maximum absolute atomic E-state index is 12.5. The fraction of sp³-hybridized carbons (Fsp3) is 0.462. The molecule has 0 saturated carbocycles. The first-order chi connectivity index (χ1) is 14.3. The number of unbranched alkanes of at least 4 members (excludes halogenated alkanes) is 1. The standard InChI is InChI=1S/C26H33NO3/c1-5-6-7-19-10-14-23(15-11-19)27-17-21(16-24(27)28)25(29)30-18-20-8-12-22(13-9-20)26(2,3)4/h8-15,21H,5-7,16-18H2,1-4H3/t21-/m0/s1. The highest BCUT2D eigenvalue weighted by atomic mass is 16.5. The number of aryl methyl sites for hydroxylation is 1. The molecule has 4 nitrogen and oxygen atoms in total. The van der Waals surface area contributed by atoms with Gasteiger partial charge in [0.15, 0.2) is 0 Å². The summed E-state index contributed by atoms with van der Waals surface area (Å²) in [6, 6.07) is 16.3. The summed E-state index contributed by atoms with van der Waals surface area (Å²) in [5.74, 6) is -0.732. The van der Waals surface area contributed by atoms with Crippen LogP contribution in [0.5, 0.6) is 0 Å². The smallest absolute Gasteiger partial charge is 0.311 e. The second-order valence-corrected chi connectivity index (χ2v) is 9.23. The topological polar surface area (TPSA) is 46.6 Å². The molecular weight excluding hydrogens is 374 g/mol. The summed E-state index contributed by atoms with van der Waals surface area (Å²) in [6.45, 7) is 9.31. The molecule has 0 N–H and O–H groups in total. The van der Waals surface area contributed by atoms with Crippen LogP contribution in [0.4, 0.5) is 5.69 Å². The Morgan fingerprint density at radius 1 is 1.03 bits per heavy atom. The molecule has 160 valence electrons. The summed E-state index contributed by atoms with van der Waals surface area (Å²) >= 11 is 0. The molecule has 1 amide bonds. The van der Waals surface area contributed by atoms with E-state index in [9.17, 15) is 9.59 Å². The minimum absolute atomic E-state index is 0.0206. The van der Waals surface area contributed by atoms with Crippen LogP contribution in [-0.2, 0) is 32.8 Å². The zero-order valence-corrected chi connectivity index (χ0v) is 18.6. The van der Waals surface area contributed by atoms with Crippen molar-refractivity contribution in [3.05, 3.63) is 65.2 Å². The molecule has 1 fully saturated rings. The summed E-state index contributed by atoms with van der Waals surface area (Å²) in [5, 5.41) is 0. The monoisotopic (exact) mass is 407 g/mol. The van der Waals surface area contributed by atoms with Crippen molar-refractivity contribution in [1.82, 2.24) is 0 Å². The number of hydrogen-bond acceptors (Lipinski definition) is 3. The third-order valence-electron chi connectivity index (χ3n) is 5.73. The van der Waals surface area contributed by atoms with Crippen molar-refractivity contribution in [3.8, 4) is 0 Å². The van der Waals surface area contributed by atoms with Crippen LogP contribution in [0.2, 0.25) is 0 Å². The van der Waals surface area contributed by atoms with Crippen molar-refractivity contribution in [2.24, 2.45) is 5.92 Å². The van der Waals surface area contributed by atoms with Crippen LogP contribution in [0.3, 0.4) is 0 Å². The lowest BCUT2D eigenvalue weighted by atomic mass is 9.87. The Kier molecular flexibility index (Phi) is 6.96. The zero-order chi connectivity index (χ0) is 21.7. The number of anilines is 1. The predicted molar refractivity (Wildman–Crippen MR) is 120 cm³/mol. The quantitative estimate of drug-likeness (QED) is 0.576. The Balaban J connectivity index is 1.54. The summed E-state index contributed by atoms with van der Waals surface area (Å²) in [4.78, 5) is 26.7. The van der Waals surface area contributed by atoms with E-state index in [-0.39, 0.29) is 30.3 Å². The van der Waals surface area contributed by atoms with E-state index in [0.29, 0.717) is 6.54 Å². The normalized spacial score (nSPS) is 16.7. The van der Waals surface area contributed by atoms with Crippen molar-refractivity contribution in [2.75, 3.05) is 11.4 Å². The average molecular weight is 408 g/mol. The molecule has 3 rings (SSSR count). The van der Waals surface area contributed by atoms with Crippen LogP contribution in [0.25, 0.3) is 0 Å². The van der Waals surface area contributed by atoms with Gasteiger partial charge in [-0.1, -0.05) is 70.5 Å². The number of carbonyl (C=O) groups excluding carboxylic acids is 2. The van der Waals surface area contributed by atoms with E-state index < -0.39 is 5.92 Å². The van der Waals surface area contributed by atoms with Gasteiger partial charge >= 0.3 is 5.97 Å². The summed E-state index contributed by atoms with van der Waals surface area (Å²) < 4.78 is 5.52. The third kappa shape index (κ3) is 5.50. The van der Waals surface area contributed by atoms with Crippen molar-refractivity contribution < 1.29 is 14.3 Å². The van der Waals surface area contributed by atoms with E-state index in [1.165, 1.54) is 11.1 Å². The molecule has 0 radical (unpaired) electrons. The lowest BCUT2D eigenvalue weighted by Crippen LogP contribution is -2.26. The Morgan fingerprint density at radius 2 is 1.67 bits per heavy atom. The molecule has 0 bridgehead atoms. The van der Waals surface area contributed by atoms with E-state index in [1.807, 2.05) is 24.3 Å². The molecule has 1 atom stereocenters. The highest BCUT2D eigenvalue weighted by molar-refractivity contribution is 5.99. The molecular formula is C26H33NO3. The van der Waals surface area contributed by atoms with Crippen molar-refractivity contribution in [2.45, 2.75) is 65.4 Å². The molecule has 0 spiro atoms. The maximum Gasteiger partial charge on any atom is 0.311 e. The van der Waals surface area contributed by atoms with Crippen LogP contribution < -0.4 is 4.90 Å². The third-order valence-corrected chi connectivity index (χ3v) is 5.73. The number of esters is 1. The van der Waals surface area contributed by atoms with Gasteiger partial charge in [0.1, 0.15) is 6.61 Å². The highest BCUT2D eigenvalue weighted by Gasteiger charge is 2.36. The van der Waals surface area contributed by atoms with Crippen LogP contribution in [-0.4, -0.2) is 18.4 Å². The molecule has 0 unspecified atom stereocenters. The SMILES string of the molecule is CCCCc1ccc(N2C[C@@H](C(=O)OCc3ccc(C(C)(C)C)cc3)CC2=O)cc1. The van der Waals surface area contributed by atoms with E-state index in [0.717, 1.165) is 30.5 Å². The highest BCUT2D eigenvalue weighted by Crippen LogP contribution is 2.27. The van der Waals surface area contributed by atoms with Crippen molar-refractivity contribution in [3.63, 3.8) is 0 Å². The predicted octanol–water partition coefficient (Wildman–Crippen LogP) is 5.42. The van der Waals surface area contributed by atoms with E-state index in [1.54, 1.807) is 4.90 Å². The molecule has 2 aromatic rings. The van der Waals surface area contributed by atoms with Gasteiger partial charge in [0.05, 0.1) is 5.92 Å². The van der Waals surface area contributed by atoms with Crippen LogP contribution >= 0.6 is 0 Å². The molecule has 1 heterocycles. The van der Waals surface area contributed by atoms with Gasteiger partial charge in [0.25, 0.3) is 0 Å². The lowest BCUT2D eigenvalue weighted by Gasteiger charge is -2.19. The fourth-order valence-corrected chi connectivity index (χ4v) is 3.71. The van der Waals surface area contributed by atoms with Gasteiger partial charge in [0.2, 0.25) is 5.91 Å². The Bertz CT molecular complexity index is 863. The van der Waals surface area contributed by atoms with Crippen LogP contribution in [0.1, 0.15) is 63.6 Å². The van der Waals surface area contributed by atoms with Gasteiger partial charge in [-0.25, -0.2) is 0 Å². The first kappa shape index (κ1) is 22.1. The Morgan fingerprint density at radius 3 is 2.27 bits per heavy atom. The molecule has 0 aliphatic carbocycles. The van der Waals surface area contributed by atoms with Crippen molar-refractivity contribution >= 4 is 17.6 Å². The van der Waals surface area contributed by atoms with Gasteiger partial charge in [-0.05, 0) is 47.1 Å². The molecule has 1 saturated heterocycles.